The Morgan fingerprint density at radius 2 is 1.79 bits per heavy atom. The van der Waals surface area contributed by atoms with Crippen LogP contribution in [0.25, 0.3) is 16.9 Å². The third-order valence-electron chi connectivity index (χ3n) is 6.62. The van der Waals surface area contributed by atoms with Gasteiger partial charge in [0, 0.05) is 29.6 Å². The molecule has 196 valence electrons. The minimum Gasteiger partial charge on any atom is -0.277 e. The molecule has 3 heterocycles. The van der Waals surface area contributed by atoms with Gasteiger partial charge < -0.3 is 0 Å². The monoisotopic (exact) mass is 560 g/mol. The van der Waals surface area contributed by atoms with Gasteiger partial charge >= 0.3 is 0 Å². The maximum atomic E-state index is 16.0. The molecule has 0 bridgehead atoms. The summed E-state index contributed by atoms with van der Waals surface area (Å²) in [5.41, 5.74) is -0.381. The molecule has 0 N–H and O–H groups in total. The smallest absolute Gasteiger partial charge is 0.274 e. The number of aryl methyl sites for hydroxylation is 2. The SMILES string of the molecule is Cc1cnc(-c2cccc(S(C)(=O)=O)c2F)c(F)c1-n1c(C)cc([C@H]2C[C@@H]2c2ncncc2F)c(Cl)c1=O. The Kier molecular flexibility index (Phi) is 6.39. The molecule has 0 saturated heterocycles. The lowest BCUT2D eigenvalue weighted by Gasteiger charge is -2.18. The van der Waals surface area contributed by atoms with Crippen LogP contribution in [-0.2, 0) is 9.84 Å². The number of sulfone groups is 1. The molecule has 12 heteroatoms. The van der Waals surface area contributed by atoms with E-state index in [-0.39, 0.29) is 39.4 Å². The average Bonchev–Trinajstić information content (AvgIpc) is 3.64. The normalized spacial score (nSPS) is 17.0. The van der Waals surface area contributed by atoms with Gasteiger partial charge in [-0.1, -0.05) is 17.7 Å². The second kappa shape index (κ2) is 9.32. The van der Waals surface area contributed by atoms with Crippen molar-refractivity contribution >= 4 is 21.4 Å². The van der Waals surface area contributed by atoms with Crippen molar-refractivity contribution in [2.45, 2.75) is 37.0 Å². The zero-order chi connectivity index (χ0) is 27.5. The number of halogens is 4. The fourth-order valence-electron chi connectivity index (χ4n) is 4.73. The van der Waals surface area contributed by atoms with Gasteiger partial charge in [0.15, 0.2) is 27.3 Å². The van der Waals surface area contributed by atoms with E-state index >= 15 is 8.78 Å². The first-order valence-corrected chi connectivity index (χ1v) is 13.7. The summed E-state index contributed by atoms with van der Waals surface area (Å²) >= 11 is 6.48. The number of nitrogens with zero attached hydrogens (tertiary/aromatic N) is 4. The first-order valence-electron chi connectivity index (χ1n) is 11.4. The van der Waals surface area contributed by atoms with E-state index in [0.717, 1.165) is 23.1 Å². The topological polar surface area (TPSA) is 94.8 Å². The van der Waals surface area contributed by atoms with E-state index in [2.05, 4.69) is 15.0 Å². The summed E-state index contributed by atoms with van der Waals surface area (Å²) in [6, 6.07) is 5.20. The fraction of sp³-hybridized carbons (Fsp3) is 0.231. The highest BCUT2D eigenvalue weighted by atomic mass is 35.5. The highest BCUT2D eigenvalue weighted by Gasteiger charge is 2.44. The summed E-state index contributed by atoms with van der Waals surface area (Å²) in [5.74, 6) is -3.24. The number of rotatable bonds is 5. The lowest BCUT2D eigenvalue weighted by atomic mass is 10.1. The van der Waals surface area contributed by atoms with E-state index in [4.69, 9.17) is 11.6 Å². The maximum absolute atomic E-state index is 16.0. The Morgan fingerprint density at radius 3 is 2.47 bits per heavy atom. The van der Waals surface area contributed by atoms with Gasteiger partial charge in [0.25, 0.3) is 5.56 Å². The van der Waals surface area contributed by atoms with Crippen LogP contribution in [0.3, 0.4) is 0 Å². The summed E-state index contributed by atoms with van der Waals surface area (Å²) in [7, 11) is -3.93. The van der Waals surface area contributed by atoms with Crippen LogP contribution in [0.5, 0.6) is 0 Å². The first-order chi connectivity index (χ1) is 17.9. The van der Waals surface area contributed by atoms with E-state index < -0.39 is 43.4 Å². The second-order valence-corrected chi connectivity index (χ2v) is 11.6. The van der Waals surface area contributed by atoms with Crippen molar-refractivity contribution in [1.29, 1.82) is 0 Å². The molecule has 1 aliphatic rings. The molecule has 1 aliphatic carbocycles. The Balaban J connectivity index is 1.63. The van der Waals surface area contributed by atoms with E-state index in [1.807, 2.05) is 0 Å². The Hall–Kier alpha value is -3.57. The largest absolute Gasteiger partial charge is 0.277 e. The fourth-order valence-corrected chi connectivity index (χ4v) is 5.77. The molecule has 1 fully saturated rings. The highest BCUT2D eigenvalue weighted by Crippen LogP contribution is 2.55. The Labute approximate surface area is 220 Å². The number of aromatic nitrogens is 4. The molecule has 0 unspecified atom stereocenters. The van der Waals surface area contributed by atoms with Crippen molar-refractivity contribution in [3.63, 3.8) is 0 Å². The summed E-state index contributed by atoms with van der Waals surface area (Å²) < 4.78 is 70.3. The van der Waals surface area contributed by atoms with Gasteiger partial charge in [0.05, 0.1) is 17.6 Å². The molecule has 0 radical (unpaired) electrons. The molecule has 0 amide bonds. The van der Waals surface area contributed by atoms with Gasteiger partial charge in [-0.15, -0.1) is 0 Å². The van der Waals surface area contributed by atoms with Crippen molar-refractivity contribution in [1.82, 2.24) is 19.5 Å². The third kappa shape index (κ3) is 4.29. The molecule has 38 heavy (non-hydrogen) atoms. The third-order valence-corrected chi connectivity index (χ3v) is 8.11. The molecule has 1 saturated carbocycles. The molecular formula is C26H20ClF3N4O3S. The summed E-state index contributed by atoms with van der Waals surface area (Å²) in [6.45, 7) is 3.12. The van der Waals surface area contributed by atoms with Crippen LogP contribution in [-0.4, -0.2) is 34.2 Å². The Morgan fingerprint density at radius 1 is 1.05 bits per heavy atom. The molecule has 7 nitrogen and oxygen atoms in total. The van der Waals surface area contributed by atoms with Gasteiger partial charge in [0.1, 0.15) is 21.9 Å². The lowest BCUT2D eigenvalue weighted by molar-refractivity contribution is 0.569. The quantitative estimate of drug-likeness (QED) is 0.339. The van der Waals surface area contributed by atoms with E-state index in [1.54, 1.807) is 13.0 Å². The summed E-state index contributed by atoms with van der Waals surface area (Å²) in [5, 5.41) is -0.153. The predicted octanol–water partition coefficient (Wildman–Crippen LogP) is 5.05. The van der Waals surface area contributed by atoms with E-state index in [0.29, 0.717) is 17.7 Å². The number of hydrogen-bond acceptors (Lipinski definition) is 6. The Bertz CT molecular complexity index is 1790. The molecule has 0 aliphatic heterocycles. The van der Waals surface area contributed by atoms with Crippen molar-refractivity contribution in [2.24, 2.45) is 0 Å². The van der Waals surface area contributed by atoms with E-state index in [9.17, 15) is 17.6 Å². The number of hydrogen-bond donors (Lipinski definition) is 0. The van der Waals surface area contributed by atoms with Crippen LogP contribution in [0.2, 0.25) is 5.02 Å². The minimum atomic E-state index is -3.93. The molecule has 1 aromatic carbocycles. The zero-order valence-electron chi connectivity index (χ0n) is 20.3. The van der Waals surface area contributed by atoms with Crippen molar-refractivity contribution in [3.05, 3.63) is 98.3 Å². The van der Waals surface area contributed by atoms with Crippen molar-refractivity contribution in [2.75, 3.05) is 6.26 Å². The van der Waals surface area contributed by atoms with Gasteiger partial charge in [-0.3, -0.25) is 14.3 Å². The maximum Gasteiger partial charge on any atom is 0.274 e. The zero-order valence-corrected chi connectivity index (χ0v) is 21.9. The van der Waals surface area contributed by atoms with Crippen LogP contribution in [0.4, 0.5) is 13.2 Å². The highest BCUT2D eigenvalue weighted by molar-refractivity contribution is 7.90. The predicted molar refractivity (Wildman–Crippen MR) is 135 cm³/mol. The second-order valence-electron chi connectivity index (χ2n) is 9.24. The number of benzene rings is 1. The van der Waals surface area contributed by atoms with Gasteiger partial charge in [0.2, 0.25) is 0 Å². The van der Waals surface area contributed by atoms with E-state index in [1.165, 1.54) is 31.6 Å². The van der Waals surface area contributed by atoms with Gasteiger partial charge in [-0.2, -0.15) is 0 Å². The van der Waals surface area contributed by atoms with Crippen LogP contribution < -0.4 is 5.56 Å². The standard InChI is InChI=1S/C26H20ClF3N4O3S/c1-12-9-32-24(14-5-4-6-19(21(14)29)38(3,36)37)22(30)25(12)34-13(2)7-16(20(27)26(34)35)15-8-17(15)23-18(28)10-31-11-33-23/h4-7,9-11,15,17H,8H2,1-3H3/t15-,17+/m1/s1. The van der Waals surface area contributed by atoms with Crippen LogP contribution >= 0.6 is 11.6 Å². The van der Waals surface area contributed by atoms with Crippen LogP contribution in [0.15, 0.2) is 52.7 Å². The molecular weight excluding hydrogens is 541 g/mol. The molecule has 5 rings (SSSR count). The van der Waals surface area contributed by atoms with Crippen LogP contribution in [0.1, 0.15) is 40.8 Å². The van der Waals surface area contributed by atoms with Crippen molar-refractivity contribution in [3.8, 4) is 16.9 Å². The molecule has 4 aromatic rings. The average molecular weight is 561 g/mol. The summed E-state index contributed by atoms with van der Waals surface area (Å²) in [6.07, 6.45) is 4.96. The lowest BCUT2D eigenvalue weighted by Crippen LogP contribution is -2.24. The summed E-state index contributed by atoms with van der Waals surface area (Å²) in [4.78, 5) is 24.5. The van der Waals surface area contributed by atoms with Crippen molar-refractivity contribution < 1.29 is 21.6 Å². The molecule has 3 aromatic heterocycles. The minimum absolute atomic E-state index is 0.153. The van der Waals surface area contributed by atoms with Crippen LogP contribution in [0, 0.1) is 31.3 Å². The number of pyridine rings is 2. The molecule has 0 spiro atoms. The van der Waals surface area contributed by atoms with Gasteiger partial charge in [-0.25, -0.2) is 31.6 Å². The van der Waals surface area contributed by atoms with Gasteiger partial charge in [-0.05, 0) is 55.5 Å². The molecule has 2 atom stereocenters. The first kappa shape index (κ1) is 26.1.